The van der Waals surface area contributed by atoms with Gasteiger partial charge in [0.2, 0.25) is 21.7 Å². The Hall–Kier alpha value is -4.08. The number of rotatable bonds is 10. The smallest absolute Gasteiger partial charge is 0.339 e. The SMILES string of the molecule is CN([C@@H](CN)C(=O)N(Cc1ccc(C2CCCCC2)cc1)c1ccc(C(=O)O)c(O)c1)S(=O)(=O)c1c(F)c(F)c(F)c(F)c1F. The lowest BCUT2D eigenvalue weighted by Crippen LogP contribution is -2.53. The van der Waals surface area contributed by atoms with Crippen molar-refractivity contribution in [2.24, 2.45) is 5.73 Å². The van der Waals surface area contributed by atoms with Crippen LogP contribution in [0.4, 0.5) is 27.6 Å². The minimum absolute atomic E-state index is 0.0955. The quantitative estimate of drug-likeness (QED) is 0.158. The van der Waals surface area contributed by atoms with Crippen LogP contribution in [0.2, 0.25) is 0 Å². The Morgan fingerprint density at radius 3 is 1.98 bits per heavy atom. The number of carbonyl (C=O) groups is 2. The molecule has 3 aromatic rings. The summed E-state index contributed by atoms with van der Waals surface area (Å²) >= 11 is 0. The Labute approximate surface area is 255 Å². The van der Waals surface area contributed by atoms with Gasteiger partial charge in [0.1, 0.15) is 17.4 Å². The molecule has 242 valence electrons. The summed E-state index contributed by atoms with van der Waals surface area (Å²) in [6.07, 6.45) is 5.43. The summed E-state index contributed by atoms with van der Waals surface area (Å²) in [5.41, 5.74) is 6.77. The van der Waals surface area contributed by atoms with Gasteiger partial charge in [0, 0.05) is 25.3 Å². The number of benzene rings is 3. The number of sulfonamides is 1. The fourth-order valence-electron chi connectivity index (χ4n) is 5.39. The number of carboxylic acids is 1. The highest BCUT2D eigenvalue weighted by Crippen LogP contribution is 2.34. The molecule has 1 aliphatic rings. The van der Waals surface area contributed by atoms with E-state index in [0.29, 0.717) is 18.5 Å². The van der Waals surface area contributed by atoms with Crippen LogP contribution in [0.25, 0.3) is 0 Å². The van der Waals surface area contributed by atoms with Gasteiger partial charge in [0.25, 0.3) is 0 Å². The zero-order valence-corrected chi connectivity index (χ0v) is 24.8. The third kappa shape index (κ3) is 6.65. The van der Waals surface area contributed by atoms with E-state index in [1.807, 2.05) is 12.1 Å². The van der Waals surface area contributed by atoms with Gasteiger partial charge >= 0.3 is 5.97 Å². The molecular formula is C30H30F5N3O6S. The van der Waals surface area contributed by atoms with E-state index in [1.54, 1.807) is 12.1 Å². The summed E-state index contributed by atoms with van der Waals surface area (Å²) in [4.78, 5) is 24.2. The molecule has 4 N–H and O–H groups in total. The van der Waals surface area contributed by atoms with Crippen molar-refractivity contribution in [2.75, 3.05) is 18.5 Å². The van der Waals surface area contributed by atoms with E-state index in [2.05, 4.69) is 0 Å². The summed E-state index contributed by atoms with van der Waals surface area (Å²) in [6, 6.07) is 8.43. The van der Waals surface area contributed by atoms with E-state index < -0.39 is 79.8 Å². The first-order chi connectivity index (χ1) is 21.2. The molecule has 0 radical (unpaired) electrons. The summed E-state index contributed by atoms with van der Waals surface area (Å²) in [5, 5.41) is 19.6. The number of phenols is 1. The largest absolute Gasteiger partial charge is 0.507 e. The molecule has 0 spiro atoms. The molecule has 9 nitrogen and oxygen atoms in total. The molecular weight excluding hydrogens is 625 g/mol. The number of hydrogen-bond donors (Lipinski definition) is 3. The lowest BCUT2D eigenvalue weighted by atomic mass is 9.84. The highest BCUT2D eigenvalue weighted by atomic mass is 32.2. The van der Waals surface area contributed by atoms with Gasteiger partial charge in [-0.1, -0.05) is 43.5 Å². The zero-order valence-electron chi connectivity index (χ0n) is 23.9. The van der Waals surface area contributed by atoms with Crippen molar-refractivity contribution in [1.29, 1.82) is 0 Å². The summed E-state index contributed by atoms with van der Waals surface area (Å²) in [7, 11) is -4.88. The van der Waals surface area contributed by atoms with Crippen LogP contribution in [-0.4, -0.2) is 54.4 Å². The minimum atomic E-state index is -5.57. The van der Waals surface area contributed by atoms with Gasteiger partial charge in [0.05, 0.1) is 6.54 Å². The lowest BCUT2D eigenvalue weighted by Gasteiger charge is -2.32. The highest BCUT2D eigenvalue weighted by molar-refractivity contribution is 7.89. The molecule has 1 atom stereocenters. The van der Waals surface area contributed by atoms with Crippen molar-refractivity contribution in [2.45, 2.75) is 55.5 Å². The Morgan fingerprint density at radius 2 is 1.47 bits per heavy atom. The molecule has 1 amide bonds. The van der Waals surface area contributed by atoms with Gasteiger partial charge in [-0.2, -0.15) is 4.31 Å². The van der Waals surface area contributed by atoms with Crippen LogP contribution >= 0.6 is 0 Å². The number of carboxylic acid groups (broad SMARTS) is 1. The molecule has 0 bridgehead atoms. The second-order valence-corrected chi connectivity index (χ2v) is 12.6. The molecule has 0 heterocycles. The minimum Gasteiger partial charge on any atom is -0.507 e. The first-order valence-corrected chi connectivity index (χ1v) is 15.3. The molecule has 1 saturated carbocycles. The first kappa shape index (κ1) is 33.8. The molecule has 0 aromatic heterocycles. The Balaban J connectivity index is 1.74. The van der Waals surface area contributed by atoms with Crippen LogP contribution in [0, 0.1) is 29.1 Å². The van der Waals surface area contributed by atoms with Crippen molar-refractivity contribution in [3.05, 3.63) is 88.2 Å². The van der Waals surface area contributed by atoms with Gasteiger partial charge in [-0.25, -0.2) is 35.2 Å². The number of nitrogens with two attached hydrogens (primary N) is 1. The van der Waals surface area contributed by atoms with Crippen molar-refractivity contribution in [1.82, 2.24) is 4.31 Å². The molecule has 4 rings (SSSR count). The number of halogens is 5. The van der Waals surface area contributed by atoms with Gasteiger partial charge in [-0.3, -0.25) is 4.79 Å². The lowest BCUT2D eigenvalue weighted by molar-refractivity contribution is -0.121. The van der Waals surface area contributed by atoms with Gasteiger partial charge in [-0.15, -0.1) is 0 Å². The maximum atomic E-state index is 14.5. The average Bonchev–Trinajstić information content (AvgIpc) is 3.02. The highest BCUT2D eigenvalue weighted by Gasteiger charge is 2.41. The number of likely N-dealkylation sites (N-methyl/N-ethyl adjacent to an activating group) is 1. The number of hydrogen-bond acceptors (Lipinski definition) is 6. The summed E-state index contributed by atoms with van der Waals surface area (Å²) in [5.74, 6) is -15.7. The number of aromatic hydroxyl groups is 1. The molecule has 0 aliphatic heterocycles. The second-order valence-electron chi connectivity index (χ2n) is 10.7. The van der Waals surface area contributed by atoms with Crippen LogP contribution in [0.5, 0.6) is 5.75 Å². The van der Waals surface area contributed by atoms with Crippen molar-refractivity contribution in [3.8, 4) is 5.75 Å². The van der Waals surface area contributed by atoms with Gasteiger partial charge < -0.3 is 20.8 Å². The van der Waals surface area contributed by atoms with Crippen molar-refractivity contribution >= 4 is 27.6 Å². The number of nitrogens with zero attached hydrogens (tertiary/aromatic N) is 2. The Morgan fingerprint density at radius 1 is 0.911 bits per heavy atom. The fourth-order valence-corrected chi connectivity index (χ4v) is 6.82. The molecule has 15 heteroatoms. The van der Waals surface area contributed by atoms with Crippen LogP contribution in [0.1, 0.15) is 59.5 Å². The van der Waals surface area contributed by atoms with Crippen molar-refractivity contribution in [3.63, 3.8) is 0 Å². The molecule has 1 fully saturated rings. The third-order valence-electron chi connectivity index (χ3n) is 7.94. The van der Waals surface area contributed by atoms with Crippen LogP contribution in [0.3, 0.4) is 0 Å². The van der Waals surface area contributed by atoms with Gasteiger partial charge in [-0.05, 0) is 42.0 Å². The Kier molecular flexibility index (Phi) is 10.1. The predicted molar refractivity (Wildman–Crippen MR) is 153 cm³/mol. The number of aromatic carboxylic acids is 1. The molecule has 0 unspecified atom stereocenters. The number of anilines is 1. The average molecular weight is 656 g/mol. The predicted octanol–water partition coefficient (Wildman–Crippen LogP) is 5.01. The molecule has 45 heavy (non-hydrogen) atoms. The number of amides is 1. The third-order valence-corrected chi connectivity index (χ3v) is 9.83. The monoisotopic (exact) mass is 655 g/mol. The standard InChI is InChI=1S/C30H30F5N3O6S/c1-37(45(43,44)28-26(34)24(32)23(31)25(33)27(28)35)21(14-36)29(40)38(19-11-12-20(30(41)42)22(39)13-19)15-16-7-9-18(10-8-16)17-5-3-2-4-6-17/h7-13,17,21,39H,2-6,14-15,36H2,1H3,(H,41,42)/t21-/m0/s1. The van der Waals surface area contributed by atoms with Crippen LogP contribution < -0.4 is 10.6 Å². The van der Waals surface area contributed by atoms with E-state index in [4.69, 9.17) is 5.73 Å². The van der Waals surface area contributed by atoms with E-state index in [1.165, 1.54) is 6.07 Å². The maximum Gasteiger partial charge on any atom is 0.339 e. The summed E-state index contributed by atoms with van der Waals surface area (Å²) < 4.78 is 97.0. The first-order valence-electron chi connectivity index (χ1n) is 13.9. The van der Waals surface area contributed by atoms with Crippen LogP contribution in [-0.2, 0) is 21.4 Å². The second kappa shape index (κ2) is 13.5. The summed E-state index contributed by atoms with van der Waals surface area (Å²) in [6.45, 7) is -1.07. The fraction of sp³-hybridized carbons (Fsp3) is 0.333. The van der Waals surface area contributed by atoms with E-state index >= 15 is 0 Å². The molecule has 1 aliphatic carbocycles. The molecule has 3 aromatic carbocycles. The van der Waals surface area contributed by atoms with Crippen LogP contribution in [0.15, 0.2) is 47.4 Å². The van der Waals surface area contributed by atoms with Crippen molar-refractivity contribution < 1.29 is 50.2 Å². The van der Waals surface area contributed by atoms with E-state index in [0.717, 1.165) is 54.7 Å². The molecule has 0 saturated heterocycles. The maximum absolute atomic E-state index is 14.5. The normalized spacial score (nSPS) is 14.8. The number of carbonyl (C=O) groups excluding carboxylic acids is 1. The van der Waals surface area contributed by atoms with Gasteiger partial charge in [0.15, 0.2) is 28.2 Å². The topological polar surface area (TPSA) is 141 Å². The zero-order chi connectivity index (χ0) is 33.2. The van der Waals surface area contributed by atoms with E-state index in [-0.39, 0.29) is 16.5 Å². The Bertz CT molecular complexity index is 1690. The van der Waals surface area contributed by atoms with E-state index in [9.17, 15) is 50.2 Å².